The van der Waals surface area contributed by atoms with E-state index in [1.54, 1.807) is 18.2 Å². The van der Waals surface area contributed by atoms with Crippen LogP contribution in [0.5, 0.6) is 0 Å². The smallest absolute Gasteiger partial charge is 0.310 e. The van der Waals surface area contributed by atoms with Crippen LogP contribution in [-0.2, 0) is 0 Å². The Morgan fingerprint density at radius 1 is 0.700 bits per heavy atom. The Kier molecular flexibility index (Phi) is 9.11. The van der Waals surface area contributed by atoms with Crippen molar-refractivity contribution in [3.8, 4) is 12.1 Å². The second-order valence-electron chi connectivity index (χ2n) is 9.67. The highest BCUT2D eigenvalue weighted by atomic mass is 16.6. The number of para-hydroxylation sites is 2. The first-order valence-electron chi connectivity index (χ1n) is 12.6. The van der Waals surface area contributed by atoms with Crippen molar-refractivity contribution in [3.05, 3.63) is 115 Å². The molecule has 4 aromatic rings. The summed E-state index contributed by atoms with van der Waals surface area (Å²) in [6, 6.07) is 22.1. The molecule has 0 aromatic heterocycles. The van der Waals surface area contributed by atoms with Gasteiger partial charge in [-0.2, -0.15) is 10.5 Å². The Morgan fingerprint density at radius 3 is 1.52 bits per heavy atom. The summed E-state index contributed by atoms with van der Waals surface area (Å²) in [6.07, 6.45) is 0. The number of nitrogens with zero attached hydrogens (tertiary/aromatic N) is 3. The molecule has 202 valence electrons. The molecule has 0 heterocycles. The van der Waals surface area contributed by atoms with Gasteiger partial charge in [0.25, 0.3) is 0 Å². The lowest BCUT2D eigenvalue weighted by atomic mass is 10.0. The number of hydrogen-bond acceptors (Lipinski definition) is 7. The fourth-order valence-electron chi connectivity index (χ4n) is 4.23. The van der Waals surface area contributed by atoms with E-state index in [0.29, 0.717) is 16.9 Å². The quantitative estimate of drug-likeness (QED) is 0.134. The Balaban J connectivity index is 0.000000222. The number of benzene rings is 4. The molecular weight excluding hydrogens is 500 g/mol. The van der Waals surface area contributed by atoms with E-state index in [0.717, 1.165) is 28.2 Å². The van der Waals surface area contributed by atoms with Crippen molar-refractivity contribution < 1.29 is 4.92 Å². The number of nitriles is 2. The second kappa shape index (κ2) is 12.5. The maximum atomic E-state index is 11.2. The number of anilines is 5. The van der Waals surface area contributed by atoms with Crippen LogP contribution in [0.4, 0.5) is 34.1 Å². The SMILES string of the molecule is Cc1cc(Nc2cccc(C#N)c2N)cc(C)c1C.Cc1cc(Nc2cccc(C#N)c2[N+](=O)[O-])cc(C)c1C. The van der Waals surface area contributed by atoms with Crippen molar-refractivity contribution in [2.24, 2.45) is 0 Å². The number of nitrogens with one attached hydrogen (secondary N) is 2. The van der Waals surface area contributed by atoms with Crippen molar-refractivity contribution in [2.45, 2.75) is 41.5 Å². The highest BCUT2D eigenvalue weighted by Gasteiger charge is 2.19. The molecule has 4 rings (SSSR count). The van der Waals surface area contributed by atoms with Gasteiger partial charge in [0, 0.05) is 11.4 Å². The van der Waals surface area contributed by atoms with Crippen molar-refractivity contribution in [1.29, 1.82) is 10.5 Å². The molecule has 8 nitrogen and oxygen atoms in total. The summed E-state index contributed by atoms with van der Waals surface area (Å²) in [5.74, 6) is 0. The molecule has 8 heteroatoms. The van der Waals surface area contributed by atoms with E-state index in [2.05, 4.69) is 49.6 Å². The molecule has 0 aliphatic heterocycles. The number of rotatable bonds is 5. The summed E-state index contributed by atoms with van der Waals surface area (Å²) in [6.45, 7) is 12.3. The molecule has 4 N–H and O–H groups in total. The molecule has 0 saturated heterocycles. The van der Waals surface area contributed by atoms with E-state index in [4.69, 9.17) is 16.3 Å². The minimum Gasteiger partial charge on any atom is -0.396 e. The normalized spacial score (nSPS) is 10.0. The van der Waals surface area contributed by atoms with Crippen LogP contribution in [0, 0.1) is 74.3 Å². The summed E-state index contributed by atoms with van der Waals surface area (Å²) < 4.78 is 0. The van der Waals surface area contributed by atoms with Gasteiger partial charge in [0.2, 0.25) is 0 Å². The zero-order chi connectivity index (χ0) is 29.6. The summed E-state index contributed by atoms with van der Waals surface area (Å²) in [4.78, 5) is 10.7. The predicted molar refractivity (Wildman–Crippen MR) is 161 cm³/mol. The highest BCUT2D eigenvalue weighted by molar-refractivity contribution is 5.78. The first-order chi connectivity index (χ1) is 19.0. The third-order valence-corrected chi connectivity index (χ3v) is 6.98. The minimum atomic E-state index is -0.533. The van der Waals surface area contributed by atoms with Gasteiger partial charge in [-0.05, 0) is 123 Å². The van der Waals surface area contributed by atoms with Gasteiger partial charge in [-0.25, -0.2) is 0 Å². The molecular formula is C32H32N6O2. The minimum absolute atomic E-state index is 0.0468. The Morgan fingerprint density at radius 2 is 1.10 bits per heavy atom. The first-order valence-corrected chi connectivity index (χ1v) is 12.6. The molecule has 0 unspecified atom stereocenters. The van der Waals surface area contributed by atoms with Gasteiger partial charge in [-0.15, -0.1) is 0 Å². The topological polar surface area (TPSA) is 141 Å². The van der Waals surface area contributed by atoms with Gasteiger partial charge in [-0.3, -0.25) is 10.1 Å². The van der Waals surface area contributed by atoms with Crippen LogP contribution in [0.3, 0.4) is 0 Å². The molecule has 0 bridgehead atoms. The standard InChI is InChI=1S/C16H15N3O2.C16H17N3/c1-10-7-14(8-11(2)12(10)3)18-15-6-4-5-13(9-17)16(15)19(20)21;1-10-7-14(8-11(2)12(10)3)19-15-6-4-5-13(9-17)16(15)18/h4-8,18H,1-3H3;4-8,19H,18H2,1-3H3. The molecule has 40 heavy (non-hydrogen) atoms. The van der Waals surface area contributed by atoms with Gasteiger partial charge < -0.3 is 16.4 Å². The number of nitro groups is 1. The van der Waals surface area contributed by atoms with Crippen LogP contribution in [-0.4, -0.2) is 4.92 Å². The van der Waals surface area contributed by atoms with E-state index in [1.165, 1.54) is 28.3 Å². The van der Waals surface area contributed by atoms with Crippen LogP contribution in [0.25, 0.3) is 0 Å². The third-order valence-electron chi connectivity index (χ3n) is 6.98. The molecule has 0 aliphatic carbocycles. The zero-order valence-electron chi connectivity index (χ0n) is 23.5. The number of aryl methyl sites for hydroxylation is 4. The zero-order valence-corrected chi connectivity index (χ0v) is 23.5. The lowest BCUT2D eigenvalue weighted by molar-refractivity contribution is -0.384. The molecule has 4 aromatic carbocycles. The lowest BCUT2D eigenvalue weighted by Crippen LogP contribution is -2.00. The van der Waals surface area contributed by atoms with E-state index >= 15 is 0 Å². The van der Waals surface area contributed by atoms with Crippen molar-refractivity contribution in [1.82, 2.24) is 0 Å². The Labute approximate surface area is 234 Å². The third kappa shape index (κ3) is 6.56. The van der Waals surface area contributed by atoms with Crippen molar-refractivity contribution >= 4 is 34.1 Å². The number of hydrogen-bond donors (Lipinski definition) is 3. The van der Waals surface area contributed by atoms with Gasteiger partial charge in [0.15, 0.2) is 0 Å². The fourth-order valence-corrected chi connectivity index (χ4v) is 4.23. The second-order valence-corrected chi connectivity index (χ2v) is 9.67. The van der Waals surface area contributed by atoms with Crippen LogP contribution in [0.15, 0.2) is 60.7 Å². The van der Waals surface area contributed by atoms with Gasteiger partial charge in [0.1, 0.15) is 23.4 Å². The number of nitrogens with two attached hydrogens (primary N) is 1. The molecule has 0 fully saturated rings. The maximum Gasteiger partial charge on any atom is 0.310 e. The number of nitro benzene ring substituents is 1. The lowest BCUT2D eigenvalue weighted by Gasteiger charge is -2.13. The van der Waals surface area contributed by atoms with Crippen LogP contribution < -0.4 is 16.4 Å². The first kappa shape index (κ1) is 29.2. The monoisotopic (exact) mass is 532 g/mol. The van der Waals surface area contributed by atoms with Crippen LogP contribution in [0.1, 0.15) is 44.5 Å². The Bertz CT molecular complexity index is 1630. The average molecular weight is 533 g/mol. The Hall–Kier alpha value is -5.34. The van der Waals surface area contributed by atoms with Crippen molar-refractivity contribution in [3.63, 3.8) is 0 Å². The molecule has 0 amide bonds. The molecule has 0 spiro atoms. The largest absolute Gasteiger partial charge is 0.396 e. The van der Waals surface area contributed by atoms with E-state index in [9.17, 15) is 10.1 Å². The summed E-state index contributed by atoms with van der Waals surface area (Å²) >= 11 is 0. The predicted octanol–water partition coefficient (Wildman–Crippen LogP) is 7.94. The molecule has 0 aliphatic rings. The number of nitrogen functional groups attached to an aromatic ring is 1. The fraction of sp³-hybridized carbons (Fsp3) is 0.188. The van der Waals surface area contributed by atoms with Crippen LogP contribution >= 0.6 is 0 Å². The summed E-state index contributed by atoms with van der Waals surface area (Å²) in [5.41, 5.74) is 16.8. The summed E-state index contributed by atoms with van der Waals surface area (Å²) in [5, 5.41) is 35.5. The highest BCUT2D eigenvalue weighted by Crippen LogP contribution is 2.32. The van der Waals surface area contributed by atoms with E-state index in [1.807, 2.05) is 51.1 Å². The van der Waals surface area contributed by atoms with Crippen LogP contribution in [0.2, 0.25) is 0 Å². The van der Waals surface area contributed by atoms with Gasteiger partial charge in [-0.1, -0.05) is 12.1 Å². The van der Waals surface area contributed by atoms with Gasteiger partial charge >= 0.3 is 5.69 Å². The van der Waals surface area contributed by atoms with Gasteiger partial charge in [0.05, 0.1) is 21.9 Å². The van der Waals surface area contributed by atoms with E-state index < -0.39 is 4.92 Å². The maximum absolute atomic E-state index is 11.2. The molecule has 0 saturated carbocycles. The van der Waals surface area contributed by atoms with E-state index in [-0.39, 0.29) is 11.3 Å². The molecule has 0 radical (unpaired) electrons. The van der Waals surface area contributed by atoms with Crippen molar-refractivity contribution in [2.75, 3.05) is 16.4 Å². The summed E-state index contributed by atoms with van der Waals surface area (Å²) in [7, 11) is 0. The molecule has 0 atom stereocenters. The average Bonchev–Trinajstić information content (AvgIpc) is 2.91.